The van der Waals surface area contributed by atoms with Crippen LogP contribution in [0.3, 0.4) is 0 Å². The minimum Gasteiger partial charge on any atom is -0.477 e. The number of aromatic carboxylic acids is 1. The second-order valence-corrected chi connectivity index (χ2v) is 9.87. The van der Waals surface area contributed by atoms with Crippen LogP contribution < -0.4 is 0 Å². The van der Waals surface area contributed by atoms with Gasteiger partial charge in [0.2, 0.25) is 0 Å². The number of hydrogen-bond donors (Lipinski definition) is 2. The molecule has 31 heavy (non-hydrogen) atoms. The molecule has 0 radical (unpaired) electrons. The molecule has 0 spiro atoms. The van der Waals surface area contributed by atoms with Gasteiger partial charge in [0.05, 0.1) is 6.10 Å². The summed E-state index contributed by atoms with van der Waals surface area (Å²) in [4.78, 5) is 11.6. The van der Waals surface area contributed by atoms with Crippen molar-refractivity contribution in [2.75, 3.05) is 0 Å². The Labute approximate surface area is 192 Å². The van der Waals surface area contributed by atoms with Gasteiger partial charge in [0.25, 0.3) is 0 Å². The lowest BCUT2D eigenvalue weighted by atomic mass is 9.89. The summed E-state index contributed by atoms with van der Waals surface area (Å²) in [6.07, 6.45) is 7.96. The number of halogens is 2. The second-order valence-electron chi connectivity index (χ2n) is 8.27. The van der Waals surface area contributed by atoms with E-state index in [-0.39, 0.29) is 4.88 Å². The van der Waals surface area contributed by atoms with Crippen LogP contribution in [0.1, 0.15) is 90.1 Å². The van der Waals surface area contributed by atoms with Crippen LogP contribution in [-0.4, -0.2) is 16.2 Å². The molecule has 168 valence electrons. The van der Waals surface area contributed by atoms with Crippen molar-refractivity contribution in [3.63, 3.8) is 0 Å². The predicted molar refractivity (Wildman–Crippen MR) is 125 cm³/mol. The minimum atomic E-state index is -1.21. The van der Waals surface area contributed by atoms with Crippen molar-refractivity contribution in [1.29, 1.82) is 0 Å². The fraction of sp³-hybridized carbons (Fsp3) is 0.480. The first kappa shape index (κ1) is 24.0. The number of carbonyl (C=O) groups is 1. The van der Waals surface area contributed by atoms with Gasteiger partial charge in [-0.1, -0.05) is 62.1 Å². The lowest BCUT2D eigenvalue weighted by molar-refractivity contribution is 0.0697. The molecule has 6 heteroatoms. The molecule has 1 aromatic heterocycles. The average molecular weight is 465 g/mol. The van der Waals surface area contributed by atoms with Gasteiger partial charge in [0, 0.05) is 9.91 Å². The third kappa shape index (κ3) is 6.18. The Morgan fingerprint density at radius 3 is 2.65 bits per heavy atom. The molecule has 2 atom stereocenters. The normalized spacial score (nSPS) is 17.4. The van der Waals surface area contributed by atoms with Crippen molar-refractivity contribution >= 4 is 34.5 Å². The standard InChI is InChI=1S/C25H30ClFO3S/c1-2-3-4-8-22(28)16-9-11-18(12-10-16)23-17(13-14-20(23)26)6-5-7-19-15-21(27)24(31-19)25(29)30/h9-12,15,17,22,28H,2-8,13-14H2,1H3,(H,29,30)/t17-,22?/m0/s1. The highest BCUT2D eigenvalue weighted by Crippen LogP contribution is 2.43. The Morgan fingerprint density at radius 2 is 2.00 bits per heavy atom. The molecule has 1 unspecified atom stereocenters. The molecule has 1 aliphatic carbocycles. The number of carboxylic acid groups (broad SMARTS) is 1. The second kappa shape index (κ2) is 11.3. The molecule has 3 rings (SSSR count). The number of hydrogen-bond acceptors (Lipinski definition) is 3. The Bertz CT molecular complexity index is 919. The quantitative estimate of drug-likeness (QED) is 0.337. The van der Waals surface area contributed by atoms with Crippen molar-refractivity contribution in [3.05, 3.63) is 62.1 Å². The third-order valence-electron chi connectivity index (χ3n) is 6.01. The first-order valence-electron chi connectivity index (χ1n) is 11.1. The monoisotopic (exact) mass is 464 g/mol. The van der Waals surface area contributed by atoms with E-state index in [1.807, 2.05) is 12.1 Å². The van der Waals surface area contributed by atoms with E-state index in [0.29, 0.717) is 12.3 Å². The summed E-state index contributed by atoms with van der Waals surface area (Å²) < 4.78 is 13.7. The molecule has 1 heterocycles. The topological polar surface area (TPSA) is 57.5 Å². The van der Waals surface area contributed by atoms with Crippen molar-refractivity contribution < 1.29 is 19.4 Å². The number of rotatable bonds is 11. The minimum absolute atomic E-state index is 0.212. The Morgan fingerprint density at radius 1 is 1.26 bits per heavy atom. The van der Waals surface area contributed by atoms with Gasteiger partial charge >= 0.3 is 5.97 Å². The highest BCUT2D eigenvalue weighted by molar-refractivity contribution is 7.13. The number of aryl methyl sites for hydroxylation is 1. The number of allylic oxidation sites excluding steroid dienone is 2. The maximum Gasteiger partial charge on any atom is 0.348 e. The lowest BCUT2D eigenvalue weighted by Crippen LogP contribution is -2.02. The summed E-state index contributed by atoms with van der Waals surface area (Å²) >= 11 is 7.59. The van der Waals surface area contributed by atoms with E-state index in [1.54, 1.807) is 0 Å². The van der Waals surface area contributed by atoms with Crippen LogP contribution in [0, 0.1) is 11.7 Å². The molecule has 0 amide bonds. The molecule has 0 saturated carbocycles. The van der Waals surface area contributed by atoms with E-state index in [2.05, 4.69) is 19.1 Å². The van der Waals surface area contributed by atoms with Crippen LogP contribution in [0.5, 0.6) is 0 Å². The van der Waals surface area contributed by atoms with E-state index < -0.39 is 17.9 Å². The summed E-state index contributed by atoms with van der Waals surface area (Å²) in [6, 6.07) is 9.46. The van der Waals surface area contributed by atoms with Gasteiger partial charge in [-0.3, -0.25) is 0 Å². The molecule has 0 aliphatic heterocycles. The molecule has 1 aliphatic rings. The number of thiophene rings is 1. The van der Waals surface area contributed by atoms with Crippen LogP contribution in [-0.2, 0) is 6.42 Å². The van der Waals surface area contributed by atoms with Gasteiger partial charge < -0.3 is 10.2 Å². The number of benzene rings is 1. The van der Waals surface area contributed by atoms with E-state index in [1.165, 1.54) is 11.6 Å². The lowest BCUT2D eigenvalue weighted by Gasteiger charge is -2.17. The first-order valence-corrected chi connectivity index (χ1v) is 12.3. The molecular formula is C25H30ClFO3S. The zero-order valence-electron chi connectivity index (χ0n) is 17.9. The molecular weight excluding hydrogens is 435 g/mol. The summed E-state index contributed by atoms with van der Waals surface area (Å²) in [5, 5.41) is 20.3. The van der Waals surface area contributed by atoms with Gasteiger partial charge in [0.15, 0.2) is 0 Å². The number of unbranched alkanes of at least 4 members (excludes halogenated alkanes) is 2. The highest BCUT2D eigenvalue weighted by Gasteiger charge is 2.26. The fourth-order valence-corrected chi connectivity index (χ4v) is 5.62. The van der Waals surface area contributed by atoms with E-state index >= 15 is 0 Å². The van der Waals surface area contributed by atoms with Gasteiger partial charge in [-0.05, 0) is 67.2 Å². The fourth-order valence-electron chi connectivity index (χ4n) is 4.33. The Hall–Kier alpha value is -1.69. The Kier molecular flexibility index (Phi) is 8.70. The molecule has 0 saturated heterocycles. The Balaban J connectivity index is 1.59. The number of carboxylic acids is 1. The van der Waals surface area contributed by atoms with E-state index in [0.717, 1.165) is 83.7 Å². The molecule has 2 aromatic rings. The summed E-state index contributed by atoms with van der Waals surface area (Å²) in [5.74, 6) is -1.51. The van der Waals surface area contributed by atoms with Crippen molar-refractivity contribution in [1.82, 2.24) is 0 Å². The summed E-state index contributed by atoms with van der Waals surface area (Å²) in [5.41, 5.74) is 3.23. The first-order chi connectivity index (χ1) is 14.9. The molecule has 0 fully saturated rings. The summed E-state index contributed by atoms with van der Waals surface area (Å²) in [6.45, 7) is 2.16. The van der Waals surface area contributed by atoms with Gasteiger partial charge in [0.1, 0.15) is 10.7 Å². The predicted octanol–water partition coefficient (Wildman–Crippen LogP) is 7.58. The van der Waals surface area contributed by atoms with E-state index in [9.17, 15) is 14.3 Å². The van der Waals surface area contributed by atoms with Crippen LogP contribution in [0.25, 0.3) is 5.57 Å². The van der Waals surface area contributed by atoms with Crippen LogP contribution in [0.4, 0.5) is 4.39 Å². The van der Waals surface area contributed by atoms with Crippen molar-refractivity contribution in [2.45, 2.75) is 70.8 Å². The molecule has 1 aromatic carbocycles. The number of aliphatic hydroxyl groups excluding tert-OH is 1. The average Bonchev–Trinajstić information content (AvgIpc) is 3.30. The smallest absolute Gasteiger partial charge is 0.348 e. The van der Waals surface area contributed by atoms with Gasteiger partial charge in [-0.2, -0.15) is 0 Å². The zero-order valence-corrected chi connectivity index (χ0v) is 19.4. The third-order valence-corrected chi connectivity index (χ3v) is 7.56. The molecule has 2 N–H and O–H groups in total. The summed E-state index contributed by atoms with van der Waals surface area (Å²) in [7, 11) is 0. The van der Waals surface area contributed by atoms with Crippen molar-refractivity contribution in [2.24, 2.45) is 5.92 Å². The van der Waals surface area contributed by atoms with Gasteiger partial charge in [-0.15, -0.1) is 11.3 Å². The van der Waals surface area contributed by atoms with Gasteiger partial charge in [-0.25, -0.2) is 9.18 Å². The van der Waals surface area contributed by atoms with Crippen LogP contribution >= 0.6 is 22.9 Å². The zero-order chi connectivity index (χ0) is 22.4. The van der Waals surface area contributed by atoms with Crippen LogP contribution in [0.15, 0.2) is 35.4 Å². The van der Waals surface area contributed by atoms with E-state index in [4.69, 9.17) is 16.7 Å². The molecule has 0 bridgehead atoms. The SMILES string of the molecule is CCCCCC(O)c1ccc(C2=C(Cl)CC[C@@H]2CCCc2cc(F)c(C(=O)O)s2)cc1. The van der Waals surface area contributed by atoms with Crippen LogP contribution in [0.2, 0.25) is 0 Å². The largest absolute Gasteiger partial charge is 0.477 e. The highest BCUT2D eigenvalue weighted by atomic mass is 35.5. The maximum atomic E-state index is 13.7. The van der Waals surface area contributed by atoms with Crippen molar-refractivity contribution in [3.8, 4) is 0 Å². The molecule has 3 nitrogen and oxygen atoms in total. The maximum absolute atomic E-state index is 13.7. The number of aliphatic hydroxyl groups is 1.